The topological polar surface area (TPSA) is 142 Å². The number of alkyl halides is 3. The Kier molecular flexibility index (Phi) is 5.61. The Morgan fingerprint density at radius 3 is 2.55 bits per heavy atom. The van der Waals surface area contributed by atoms with Gasteiger partial charge in [-0.2, -0.15) is 13.2 Å². The summed E-state index contributed by atoms with van der Waals surface area (Å²) in [6, 6.07) is 1.38. The van der Waals surface area contributed by atoms with Crippen LogP contribution in [-0.2, 0) is 15.8 Å². The first-order valence-electron chi connectivity index (χ1n) is 9.77. The smallest absolute Gasteiger partial charge is 0.433 e. The summed E-state index contributed by atoms with van der Waals surface area (Å²) >= 11 is 0. The number of hydrogen-bond donors (Lipinski definition) is 2. The van der Waals surface area contributed by atoms with Crippen LogP contribution in [-0.4, -0.2) is 77.4 Å². The van der Waals surface area contributed by atoms with Crippen LogP contribution in [0.3, 0.4) is 0 Å². The highest BCUT2D eigenvalue weighted by Crippen LogP contribution is 2.41. The molecule has 1 saturated heterocycles. The second kappa shape index (κ2) is 8.27. The molecule has 1 aliphatic carbocycles. The number of carbonyl (C=O) groups is 3. The fourth-order valence-corrected chi connectivity index (χ4v) is 3.31. The van der Waals surface area contributed by atoms with Crippen LogP contribution in [0.5, 0.6) is 0 Å². The molecule has 3 heterocycles. The van der Waals surface area contributed by atoms with E-state index in [2.05, 4.69) is 15.1 Å². The van der Waals surface area contributed by atoms with Gasteiger partial charge in [0.2, 0.25) is 0 Å². The van der Waals surface area contributed by atoms with Crippen molar-refractivity contribution in [3.05, 3.63) is 35.5 Å². The predicted molar refractivity (Wildman–Crippen MR) is 103 cm³/mol. The highest BCUT2D eigenvalue weighted by Gasteiger charge is 2.42. The monoisotopic (exact) mass is 466 g/mol. The van der Waals surface area contributed by atoms with Crippen molar-refractivity contribution in [2.75, 3.05) is 19.7 Å². The van der Waals surface area contributed by atoms with Crippen LogP contribution in [0.4, 0.5) is 18.0 Å². The molecule has 2 N–H and O–H groups in total. The average Bonchev–Trinajstić information content (AvgIpc) is 3.46. The number of aliphatic hydroxyl groups excluding tert-OH is 1. The quantitative estimate of drug-likeness (QED) is 0.460. The zero-order chi connectivity index (χ0) is 23.9. The molecule has 33 heavy (non-hydrogen) atoms. The number of nitrogens with zero attached hydrogens (tertiary/aromatic N) is 6. The first kappa shape index (κ1) is 22.4. The predicted octanol–water partition coefficient (Wildman–Crippen LogP) is 1.38. The molecule has 0 radical (unpaired) electrons. The number of aromatic nitrogens is 4. The molecule has 0 atom stereocenters. The van der Waals surface area contributed by atoms with Gasteiger partial charge >= 0.3 is 18.2 Å². The Morgan fingerprint density at radius 2 is 1.94 bits per heavy atom. The lowest BCUT2D eigenvalue weighted by Gasteiger charge is -2.14. The molecule has 0 spiro atoms. The van der Waals surface area contributed by atoms with Crippen molar-refractivity contribution < 1.29 is 37.8 Å². The summed E-state index contributed by atoms with van der Waals surface area (Å²) < 4.78 is 40.9. The molecule has 2 aromatic heterocycles. The molecule has 3 amide bonds. The molecule has 1 saturated carbocycles. The Labute approximate surface area is 183 Å². The van der Waals surface area contributed by atoms with E-state index in [1.54, 1.807) is 0 Å². The van der Waals surface area contributed by atoms with Gasteiger partial charge in [0.15, 0.2) is 5.82 Å². The number of carboxylic acid groups (broad SMARTS) is 1. The van der Waals surface area contributed by atoms with E-state index in [-0.39, 0.29) is 29.5 Å². The Bertz CT molecular complexity index is 1160. The Hall–Kier alpha value is -3.81. The average molecular weight is 466 g/mol. The van der Waals surface area contributed by atoms with E-state index in [9.17, 15) is 32.7 Å². The number of rotatable bonds is 7. The molecule has 0 bridgehead atoms. The van der Waals surface area contributed by atoms with Gasteiger partial charge in [-0.05, 0) is 25.0 Å². The number of halogens is 3. The van der Waals surface area contributed by atoms with Crippen LogP contribution in [0.25, 0.3) is 17.6 Å². The summed E-state index contributed by atoms with van der Waals surface area (Å²) in [5.41, 5.74) is -0.947. The van der Waals surface area contributed by atoms with E-state index in [1.165, 1.54) is 6.07 Å². The van der Waals surface area contributed by atoms with Gasteiger partial charge in [-0.3, -0.25) is 14.5 Å². The second-order valence-electron chi connectivity index (χ2n) is 7.44. The molecular formula is C19H17F3N6O5. The van der Waals surface area contributed by atoms with E-state index < -0.39 is 42.9 Å². The highest BCUT2D eigenvalue weighted by atomic mass is 19.4. The van der Waals surface area contributed by atoms with Crippen molar-refractivity contribution in [3.63, 3.8) is 0 Å². The summed E-state index contributed by atoms with van der Waals surface area (Å²) in [6.45, 7) is -1.65. The SMILES string of the molecule is O=C(O)CN1C(=O)C(=Cn2cnc(-c3cc(C4CC4)nc(C(F)(F)F)c3)n2)N(CCO)C1=O. The third kappa shape index (κ3) is 4.55. The van der Waals surface area contributed by atoms with Gasteiger partial charge in [0.1, 0.15) is 24.3 Å². The third-order valence-electron chi connectivity index (χ3n) is 4.99. The molecular weight excluding hydrogens is 449 g/mol. The molecule has 0 unspecified atom stereocenters. The molecule has 4 rings (SSSR count). The fraction of sp³-hybridized carbons (Fsp3) is 0.368. The molecule has 0 aromatic carbocycles. The second-order valence-corrected chi connectivity index (χ2v) is 7.44. The first-order valence-corrected chi connectivity index (χ1v) is 9.77. The van der Waals surface area contributed by atoms with Crippen LogP contribution < -0.4 is 0 Å². The molecule has 1 aliphatic heterocycles. The number of aliphatic hydroxyl groups is 1. The molecule has 2 aromatic rings. The number of urea groups is 1. The fourth-order valence-electron chi connectivity index (χ4n) is 3.31. The van der Waals surface area contributed by atoms with Gasteiger partial charge in [0, 0.05) is 17.2 Å². The molecule has 174 valence electrons. The number of imide groups is 1. The van der Waals surface area contributed by atoms with Crippen LogP contribution >= 0.6 is 0 Å². The Morgan fingerprint density at radius 1 is 1.21 bits per heavy atom. The lowest BCUT2D eigenvalue weighted by atomic mass is 10.1. The number of pyridine rings is 1. The van der Waals surface area contributed by atoms with Gasteiger partial charge in [-0.25, -0.2) is 24.3 Å². The first-order chi connectivity index (χ1) is 15.6. The molecule has 2 aliphatic rings. The molecule has 14 heteroatoms. The normalized spacial score (nSPS) is 18.0. The van der Waals surface area contributed by atoms with E-state index in [0.717, 1.165) is 41.0 Å². The number of carbonyl (C=O) groups excluding carboxylic acids is 2. The lowest BCUT2D eigenvalue weighted by molar-refractivity contribution is -0.141. The van der Waals surface area contributed by atoms with Crippen molar-refractivity contribution in [2.24, 2.45) is 0 Å². The summed E-state index contributed by atoms with van der Waals surface area (Å²) in [7, 11) is 0. The maximum absolute atomic E-state index is 13.3. The largest absolute Gasteiger partial charge is 0.480 e. The van der Waals surface area contributed by atoms with Gasteiger partial charge in [0.25, 0.3) is 5.91 Å². The van der Waals surface area contributed by atoms with Crippen molar-refractivity contribution in [2.45, 2.75) is 24.9 Å². The maximum Gasteiger partial charge on any atom is 0.433 e. The zero-order valence-corrected chi connectivity index (χ0v) is 16.9. The number of amides is 3. The van der Waals surface area contributed by atoms with Crippen molar-refractivity contribution in [3.8, 4) is 11.4 Å². The van der Waals surface area contributed by atoms with Crippen molar-refractivity contribution >= 4 is 24.1 Å². The maximum atomic E-state index is 13.3. The van der Waals surface area contributed by atoms with E-state index in [0.29, 0.717) is 10.6 Å². The van der Waals surface area contributed by atoms with Gasteiger partial charge in [0.05, 0.1) is 19.4 Å². The summed E-state index contributed by atoms with van der Waals surface area (Å²) in [4.78, 5) is 44.9. The standard InChI is InChI=1S/C19H17F3N6O5/c20-19(21,22)14-6-11(5-12(24-14)10-1-2-10)16-23-9-26(25-16)7-13-17(32)28(8-15(30)31)18(33)27(13)3-4-29/h5-7,9-10,29H,1-4,8H2,(H,30,31). The van der Waals surface area contributed by atoms with Crippen LogP contribution in [0, 0.1) is 0 Å². The number of β-amino-alcohol motifs (C(OH)–C–C–N with tert-alkyl or cyclic N) is 1. The highest BCUT2D eigenvalue weighted by molar-refractivity contribution is 6.14. The summed E-state index contributed by atoms with van der Waals surface area (Å²) in [5, 5.41) is 22.2. The van der Waals surface area contributed by atoms with E-state index in [4.69, 9.17) is 5.11 Å². The Balaban J connectivity index is 1.68. The summed E-state index contributed by atoms with van der Waals surface area (Å²) in [6.07, 6.45) is -0.959. The number of aliphatic carboxylic acids is 1. The van der Waals surface area contributed by atoms with Crippen LogP contribution in [0.1, 0.15) is 30.1 Å². The number of hydrogen-bond acceptors (Lipinski definition) is 7. The van der Waals surface area contributed by atoms with Crippen molar-refractivity contribution in [1.82, 2.24) is 29.5 Å². The zero-order valence-electron chi connectivity index (χ0n) is 16.9. The molecule has 2 fully saturated rings. The van der Waals surface area contributed by atoms with Gasteiger partial charge < -0.3 is 10.2 Å². The van der Waals surface area contributed by atoms with E-state index >= 15 is 0 Å². The van der Waals surface area contributed by atoms with Gasteiger partial charge in [-0.15, -0.1) is 5.10 Å². The minimum atomic E-state index is -4.65. The summed E-state index contributed by atoms with van der Waals surface area (Å²) in [5.74, 6) is -2.44. The minimum Gasteiger partial charge on any atom is -0.480 e. The van der Waals surface area contributed by atoms with Crippen LogP contribution in [0.2, 0.25) is 0 Å². The van der Waals surface area contributed by atoms with E-state index in [1.807, 2.05) is 0 Å². The lowest BCUT2D eigenvalue weighted by Crippen LogP contribution is -2.37. The van der Waals surface area contributed by atoms with Gasteiger partial charge in [-0.1, -0.05) is 0 Å². The minimum absolute atomic E-state index is 0.0513. The third-order valence-corrected chi connectivity index (χ3v) is 4.99. The van der Waals surface area contributed by atoms with Crippen LogP contribution in [0.15, 0.2) is 24.2 Å². The molecule has 11 nitrogen and oxygen atoms in total. The number of carboxylic acids is 1. The van der Waals surface area contributed by atoms with Crippen molar-refractivity contribution in [1.29, 1.82) is 0 Å².